The molecule has 4 heterocycles. The zero-order valence-electron chi connectivity index (χ0n) is 73.2. The number of nitrogens with one attached hydrogen (secondary N) is 12. The number of primary amides is 2. The molecule has 128 heavy (non-hydrogen) atoms. The molecular weight excluding hydrogens is 1680 g/mol. The second-order valence-electron chi connectivity index (χ2n) is 32.8. The number of aromatic nitrogens is 1. The number of ketones is 2. The highest BCUT2D eigenvalue weighted by Crippen LogP contribution is 2.25. The minimum atomic E-state index is -3.85. The second-order valence-corrected chi connectivity index (χ2v) is 35.0. The summed E-state index contributed by atoms with van der Waals surface area (Å²) >= 11 is 0. The van der Waals surface area contributed by atoms with E-state index in [0.717, 1.165) is 48.4 Å². The fourth-order valence-electron chi connectivity index (χ4n) is 15.1. The van der Waals surface area contributed by atoms with Gasteiger partial charge in [0.15, 0.2) is 15.8 Å². The molecule has 6 rings (SSSR count). The number of amides is 14. The summed E-state index contributed by atoms with van der Waals surface area (Å²) in [6.07, 6.45) is 15.3. The van der Waals surface area contributed by atoms with Crippen molar-refractivity contribution in [3.63, 3.8) is 0 Å². The third kappa shape index (κ3) is 38.1. The first-order valence-electron chi connectivity index (χ1n) is 44.3. The van der Waals surface area contributed by atoms with E-state index in [1.165, 1.54) is 57.6 Å². The van der Waals surface area contributed by atoms with Crippen molar-refractivity contribution in [1.82, 2.24) is 68.4 Å². The summed E-state index contributed by atoms with van der Waals surface area (Å²) < 4.78 is 25.5. The number of H-pyrrole nitrogens is 1. The Kier molecular flexibility index (Phi) is 45.9. The number of aliphatic imine (C=N–C) groups is 2. The number of aliphatic hydroxyl groups is 3. The minimum absolute atomic E-state index is 0.00666. The van der Waals surface area contributed by atoms with Crippen LogP contribution in [0.1, 0.15) is 218 Å². The van der Waals surface area contributed by atoms with E-state index in [1.807, 2.05) is 12.1 Å². The van der Waals surface area contributed by atoms with Crippen LogP contribution in [-0.4, -0.2) is 257 Å². The fourth-order valence-corrected chi connectivity index (χ4v) is 16.4. The average Bonchev–Trinajstić information content (AvgIpc) is 1.68. The molecule has 0 bridgehead atoms. The number of fused-ring (bicyclic) bond motifs is 2. The number of rotatable bonds is 49. The maximum absolute atomic E-state index is 15.1. The SMILES string of the molecule is CCCCCCCCCCCCCCCC(=O)CS(=O)(=O)CCCC(=O)NCC(=O)N[C@@H](CO)C(=O)N[C@@H](CCC(N)=O)C(=O)N[C@@H](CC1=CCC=N1)C(=O)N[C@@H](CO)C(=O)N[C@@H](C)C(=O)N[C@H]1CCC(=O)CCCCC[C@@H](C(N)=O)NC(=O)[C@H](Cc2c[nH]c3ccccc23)NC(=O)[C@H](CCCN=C(N)N)NC(=O)[C@@H](Cc2ccccc2)NC(=O)[C@@H]2C[C@@H](O)CN2C1=O. The normalized spacial score (nSPS) is 19.9. The number of nitrogens with zero attached hydrogens (tertiary/aromatic N) is 3. The predicted octanol–water partition coefficient (Wildman–Crippen LogP) is -1.00. The van der Waals surface area contributed by atoms with Gasteiger partial charge in [0.1, 0.15) is 83.8 Å². The van der Waals surface area contributed by atoms with Crippen LogP contribution in [0.3, 0.4) is 0 Å². The van der Waals surface area contributed by atoms with Crippen molar-refractivity contribution in [2.75, 3.05) is 44.4 Å². The Morgan fingerprint density at radius 1 is 0.609 bits per heavy atom. The average molecular weight is 1810 g/mol. The number of hydrogen-bond acceptors (Lipinski definition) is 23. The van der Waals surface area contributed by atoms with E-state index in [9.17, 15) is 95.7 Å². The lowest BCUT2D eigenvalue weighted by Crippen LogP contribution is -2.61. The van der Waals surface area contributed by atoms with Crippen LogP contribution < -0.4 is 81.4 Å². The number of benzene rings is 2. The molecule has 3 aliphatic heterocycles. The summed E-state index contributed by atoms with van der Waals surface area (Å²) in [4.78, 5) is 235. The van der Waals surface area contributed by atoms with E-state index in [0.29, 0.717) is 30.4 Å². The summed E-state index contributed by atoms with van der Waals surface area (Å²) in [6.45, 7) is -0.160. The zero-order valence-corrected chi connectivity index (χ0v) is 74.0. The van der Waals surface area contributed by atoms with E-state index in [-0.39, 0.29) is 95.3 Å². The van der Waals surface area contributed by atoms with Crippen LogP contribution in [0.25, 0.3) is 10.9 Å². The number of aromatic amines is 1. The minimum Gasteiger partial charge on any atom is -0.394 e. The van der Waals surface area contributed by atoms with Gasteiger partial charge in [-0.1, -0.05) is 151 Å². The fraction of sp³-hybridized carbons (Fsp3) is 0.609. The summed E-state index contributed by atoms with van der Waals surface area (Å²) in [5.41, 5.74) is 24.6. The van der Waals surface area contributed by atoms with Gasteiger partial charge in [0.05, 0.1) is 31.6 Å². The van der Waals surface area contributed by atoms with Gasteiger partial charge in [-0.25, -0.2) is 8.42 Å². The maximum atomic E-state index is 15.1. The maximum Gasteiger partial charge on any atom is 0.245 e. The molecule has 706 valence electrons. The van der Waals surface area contributed by atoms with Crippen molar-refractivity contribution in [2.24, 2.45) is 32.9 Å². The van der Waals surface area contributed by atoms with Gasteiger partial charge in [-0.3, -0.25) is 86.7 Å². The largest absolute Gasteiger partial charge is 0.394 e. The van der Waals surface area contributed by atoms with Crippen molar-refractivity contribution in [3.8, 4) is 0 Å². The van der Waals surface area contributed by atoms with Crippen LogP contribution in [0, 0.1) is 0 Å². The van der Waals surface area contributed by atoms with Crippen LogP contribution >= 0.6 is 0 Å². The molecule has 0 radical (unpaired) electrons. The highest BCUT2D eigenvalue weighted by atomic mass is 32.2. The summed E-state index contributed by atoms with van der Waals surface area (Å²) in [6, 6.07) is -2.16. The van der Waals surface area contributed by atoms with Gasteiger partial charge in [-0.2, -0.15) is 0 Å². The van der Waals surface area contributed by atoms with E-state index in [4.69, 9.17) is 22.9 Å². The summed E-state index contributed by atoms with van der Waals surface area (Å²) in [5, 5.41) is 60.2. The molecule has 3 aromatic rings. The van der Waals surface area contributed by atoms with E-state index < -0.39 is 247 Å². The lowest BCUT2D eigenvalue weighted by atomic mass is 10.00. The first kappa shape index (κ1) is 105. The van der Waals surface area contributed by atoms with Gasteiger partial charge in [0.2, 0.25) is 82.7 Å². The number of para-hydroxylation sites is 1. The van der Waals surface area contributed by atoms with Gasteiger partial charge < -0.3 is 107 Å². The Morgan fingerprint density at radius 2 is 1.20 bits per heavy atom. The van der Waals surface area contributed by atoms with Crippen LogP contribution in [0.2, 0.25) is 0 Å². The molecule has 0 unspecified atom stereocenters. The predicted molar refractivity (Wildman–Crippen MR) is 474 cm³/mol. The highest BCUT2D eigenvalue weighted by molar-refractivity contribution is 7.92. The molecule has 2 saturated heterocycles. The van der Waals surface area contributed by atoms with E-state index in [2.05, 4.69) is 80.4 Å². The Balaban J connectivity index is 1.11. The van der Waals surface area contributed by atoms with Gasteiger partial charge in [0, 0.05) is 106 Å². The smallest absolute Gasteiger partial charge is 0.245 e. The van der Waals surface area contributed by atoms with Crippen LogP contribution in [0.5, 0.6) is 0 Å². The topological polar surface area (TPSA) is 648 Å². The first-order chi connectivity index (χ1) is 61.2. The molecule has 12 atom stereocenters. The molecule has 2 fully saturated rings. The molecule has 0 aliphatic carbocycles. The quantitative estimate of drug-likeness (QED) is 0.0183. The summed E-state index contributed by atoms with van der Waals surface area (Å²) in [5.74, 6) is -16.2. The number of guanidine groups is 1. The monoisotopic (exact) mass is 1810 g/mol. The van der Waals surface area contributed by atoms with Crippen LogP contribution in [0.4, 0.5) is 0 Å². The molecule has 2 aromatic carbocycles. The Bertz CT molecular complexity index is 4460. The van der Waals surface area contributed by atoms with Crippen molar-refractivity contribution in [3.05, 3.63) is 83.7 Å². The Morgan fingerprint density at radius 3 is 1.86 bits per heavy atom. The van der Waals surface area contributed by atoms with Crippen molar-refractivity contribution >= 4 is 127 Å². The molecule has 41 heteroatoms. The van der Waals surface area contributed by atoms with Gasteiger partial charge in [-0.05, 0) is 75.5 Å². The number of hydrogen-bond donors (Lipinski definition) is 19. The molecular formula is C87H131N19O21S. The van der Waals surface area contributed by atoms with Crippen molar-refractivity contribution in [2.45, 2.75) is 292 Å². The molecule has 14 amide bonds. The van der Waals surface area contributed by atoms with Crippen molar-refractivity contribution in [1.29, 1.82) is 0 Å². The van der Waals surface area contributed by atoms with Crippen molar-refractivity contribution < 1.29 is 100 Å². The number of carbonyl (C=O) groups is 16. The molecule has 0 saturated carbocycles. The third-order valence-electron chi connectivity index (χ3n) is 22.2. The summed E-state index contributed by atoms with van der Waals surface area (Å²) in [7, 11) is -3.85. The number of sulfone groups is 1. The second kappa shape index (κ2) is 55.9. The Labute approximate surface area is 745 Å². The third-order valence-corrected chi connectivity index (χ3v) is 23.9. The first-order valence-corrected chi connectivity index (χ1v) is 46.2. The van der Waals surface area contributed by atoms with Gasteiger partial charge in [0.25, 0.3) is 0 Å². The molecule has 3 aliphatic rings. The van der Waals surface area contributed by atoms with E-state index >= 15 is 4.79 Å². The van der Waals surface area contributed by atoms with Gasteiger partial charge in [-0.15, -0.1) is 0 Å². The highest BCUT2D eigenvalue weighted by Gasteiger charge is 2.44. The zero-order chi connectivity index (χ0) is 93.7. The molecule has 23 N–H and O–H groups in total. The number of unbranched alkanes of at least 4 members (excludes halogenated alkanes) is 12. The molecule has 1 aromatic heterocycles. The molecule has 40 nitrogen and oxygen atoms in total. The van der Waals surface area contributed by atoms with E-state index in [1.54, 1.807) is 54.7 Å². The lowest BCUT2D eigenvalue weighted by molar-refractivity contribution is -0.143. The lowest BCUT2D eigenvalue weighted by Gasteiger charge is -2.31. The van der Waals surface area contributed by atoms with Crippen LogP contribution in [-0.2, 0) is 99.4 Å². The number of allylic oxidation sites excluding steroid dienone is 1. The number of carbonyl (C=O) groups excluding carboxylic acids is 16. The van der Waals surface area contributed by atoms with Gasteiger partial charge >= 0.3 is 0 Å². The number of nitrogens with two attached hydrogens (primary N) is 4. The number of aliphatic hydroxyl groups excluding tert-OH is 3. The standard InChI is InChI=1S/C87H131N19O21S/c1-3-4-5-6-7-8-9-10-11-12-13-14-19-31-59(110)53-128(126,127)43-26-36-74(113)95-49-75(114)97-70(51-107)84(123)100-65(39-40-73(88)112)79(118)103-69(46-57-29-24-41-92-57)82(121)105-71(52-108)83(122)96-54(2)77(116)101-66-38-37-58(109)30-20-16-21-34-63(76(89)115)98-81(120)68(45-56-48-94-62-33-23-22-32-61(56)62)102-78(117)64(35-25-42-93-87(90)91)99-80(119)67(44-55-27-17-15-18-28-55)104-85(124)72-47-60(111)50-106(72)86(66)125/h15,17-18,22-23,27-29,32-33,41,48,54,60,63-72,94,107-108,111H,3-14,16,19-21,24-26,30-31,34-40,42-47,49-53H2,1-2H3,(H2,88,112)(H2,89,115)(H,95,113)(H,96,122)(H,97,114)(H,98,120)(H,99,119)(H,100,123)(H,101,116)(H,102,117)(H,103,118)(H,104,124)(H,105,121)(H4,90,91,93)/t54-,60+,63-,64-,65-,66-,67+,68-,69-,70-,71-,72-/m0/s1. The Hall–Kier alpha value is -11.6. The van der Waals surface area contributed by atoms with Crippen LogP contribution in [0.15, 0.2) is 82.6 Å². The molecule has 0 spiro atoms. The number of Topliss-reactive ketones (excluding diaryl/α,β-unsaturated/α-hetero) is 2.